The predicted octanol–water partition coefficient (Wildman–Crippen LogP) is 2.25. The summed E-state index contributed by atoms with van der Waals surface area (Å²) in [6, 6.07) is 12.1. The van der Waals surface area contributed by atoms with Crippen LogP contribution in [0.4, 0.5) is 0 Å². The molecule has 1 atom stereocenters. The number of likely N-dealkylation sites (tertiary alicyclic amines) is 1. The van der Waals surface area contributed by atoms with Crippen LogP contribution in [0, 0.1) is 6.07 Å². The van der Waals surface area contributed by atoms with Gasteiger partial charge < -0.3 is 0 Å². The summed E-state index contributed by atoms with van der Waals surface area (Å²) < 4.78 is 0. The average Bonchev–Trinajstić information content (AvgIpc) is 2.53. The quantitative estimate of drug-likeness (QED) is 0.609. The first-order valence-electron chi connectivity index (χ1n) is 4.54. The van der Waals surface area contributed by atoms with E-state index in [9.17, 15) is 0 Å². The molecule has 1 aliphatic heterocycles. The molecular weight excluding hydrogens is 146 g/mol. The number of rotatable bonds is 1. The smallest absolute Gasteiger partial charge is 0.0345 e. The summed E-state index contributed by atoms with van der Waals surface area (Å²) in [5, 5.41) is 0. The summed E-state index contributed by atoms with van der Waals surface area (Å²) in [6.45, 7) is 1.24. The Morgan fingerprint density at radius 1 is 1.42 bits per heavy atom. The summed E-state index contributed by atoms with van der Waals surface area (Å²) in [7, 11) is 2.20. The zero-order chi connectivity index (χ0) is 8.39. The van der Waals surface area contributed by atoms with Crippen LogP contribution >= 0.6 is 0 Å². The van der Waals surface area contributed by atoms with Crippen molar-refractivity contribution in [2.45, 2.75) is 18.9 Å². The van der Waals surface area contributed by atoms with Gasteiger partial charge in [-0.05, 0) is 38.1 Å². The summed E-state index contributed by atoms with van der Waals surface area (Å²) in [5.74, 6) is 0. The molecule has 1 radical (unpaired) electrons. The Bertz CT molecular complexity index is 242. The van der Waals surface area contributed by atoms with Gasteiger partial charge in [-0.25, -0.2) is 0 Å². The summed E-state index contributed by atoms with van der Waals surface area (Å²) in [6.07, 6.45) is 2.64. The molecule has 0 aliphatic carbocycles. The van der Waals surface area contributed by atoms with E-state index in [4.69, 9.17) is 0 Å². The fourth-order valence-corrected chi connectivity index (χ4v) is 1.95. The molecule has 1 heteroatoms. The summed E-state index contributed by atoms with van der Waals surface area (Å²) in [4.78, 5) is 2.43. The highest BCUT2D eigenvalue weighted by Crippen LogP contribution is 2.29. The maximum Gasteiger partial charge on any atom is 0.0345 e. The molecule has 1 saturated heterocycles. The molecule has 0 bridgehead atoms. The van der Waals surface area contributed by atoms with Crippen LogP contribution < -0.4 is 0 Å². The Hall–Kier alpha value is -0.820. The van der Waals surface area contributed by atoms with Gasteiger partial charge in [0, 0.05) is 6.04 Å². The van der Waals surface area contributed by atoms with Gasteiger partial charge in [-0.2, -0.15) is 0 Å². The molecule has 1 aromatic rings. The normalized spacial score (nSPS) is 24.6. The maximum absolute atomic E-state index is 3.05. The minimum atomic E-state index is 0.652. The molecule has 63 valence electrons. The van der Waals surface area contributed by atoms with Gasteiger partial charge in [-0.1, -0.05) is 24.3 Å². The van der Waals surface area contributed by atoms with Gasteiger partial charge in [0.1, 0.15) is 0 Å². The van der Waals surface area contributed by atoms with Crippen LogP contribution in [-0.4, -0.2) is 18.5 Å². The topological polar surface area (TPSA) is 3.24 Å². The van der Waals surface area contributed by atoms with Crippen molar-refractivity contribution in [1.82, 2.24) is 4.90 Å². The van der Waals surface area contributed by atoms with Crippen molar-refractivity contribution in [1.29, 1.82) is 0 Å². The van der Waals surface area contributed by atoms with Crippen molar-refractivity contribution in [3.05, 3.63) is 35.9 Å². The van der Waals surface area contributed by atoms with Crippen LogP contribution in [0.3, 0.4) is 0 Å². The minimum absolute atomic E-state index is 0.652. The van der Waals surface area contributed by atoms with E-state index >= 15 is 0 Å². The van der Waals surface area contributed by atoms with E-state index in [0.717, 1.165) is 0 Å². The van der Waals surface area contributed by atoms with Crippen LogP contribution in [0.1, 0.15) is 24.4 Å². The molecular formula is C11H14N. The van der Waals surface area contributed by atoms with Crippen LogP contribution in [0.2, 0.25) is 0 Å². The van der Waals surface area contributed by atoms with Crippen LogP contribution in [0.25, 0.3) is 0 Å². The van der Waals surface area contributed by atoms with E-state index in [-0.39, 0.29) is 0 Å². The molecule has 1 aromatic carbocycles. The molecule has 1 aliphatic rings. The lowest BCUT2D eigenvalue weighted by Crippen LogP contribution is -2.17. The molecule has 0 N–H and O–H groups in total. The largest absolute Gasteiger partial charge is 0.299 e. The highest BCUT2D eigenvalue weighted by molar-refractivity contribution is 5.19. The van der Waals surface area contributed by atoms with Crippen molar-refractivity contribution in [3.63, 3.8) is 0 Å². The standard InChI is InChI=1S/C11H14N/c1-12-9-5-8-11(12)10-6-3-2-4-7-10/h3-4,6-7,11H,5,8-9H2,1H3/t11-/m1/s1. The Kier molecular flexibility index (Phi) is 2.13. The minimum Gasteiger partial charge on any atom is -0.299 e. The predicted molar refractivity (Wildman–Crippen MR) is 49.9 cm³/mol. The molecule has 12 heavy (non-hydrogen) atoms. The van der Waals surface area contributed by atoms with Crippen LogP contribution in [0.5, 0.6) is 0 Å². The number of hydrogen-bond donors (Lipinski definition) is 0. The van der Waals surface area contributed by atoms with Gasteiger partial charge >= 0.3 is 0 Å². The SMILES string of the molecule is CN1CCC[C@@H]1c1cc[c]cc1. The second kappa shape index (κ2) is 3.28. The third kappa shape index (κ3) is 1.37. The van der Waals surface area contributed by atoms with Crippen molar-refractivity contribution >= 4 is 0 Å². The third-order valence-electron chi connectivity index (χ3n) is 2.65. The van der Waals surface area contributed by atoms with E-state index in [0.29, 0.717) is 6.04 Å². The van der Waals surface area contributed by atoms with Gasteiger partial charge in [0.25, 0.3) is 0 Å². The lowest BCUT2D eigenvalue weighted by molar-refractivity contribution is 0.317. The molecule has 0 saturated carbocycles. The van der Waals surface area contributed by atoms with E-state index in [2.05, 4.69) is 30.1 Å². The second-order valence-corrected chi connectivity index (χ2v) is 3.47. The Morgan fingerprint density at radius 3 is 2.75 bits per heavy atom. The number of nitrogens with zero attached hydrogens (tertiary/aromatic N) is 1. The molecule has 0 unspecified atom stereocenters. The zero-order valence-electron chi connectivity index (χ0n) is 7.46. The fourth-order valence-electron chi connectivity index (χ4n) is 1.95. The zero-order valence-corrected chi connectivity index (χ0v) is 7.46. The van der Waals surface area contributed by atoms with Crippen molar-refractivity contribution in [2.24, 2.45) is 0 Å². The van der Waals surface area contributed by atoms with Crippen molar-refractivity contribution < 1.29 is 0 Å². The van der Waals surface area contributed by atoms with E-state index in [1.807, 2.05) is 12.1 Å². The van der Waals surface area contributed by atoms with E-state index in [1.54, 1.807) is 0 Å². The Balaban J connectivity index is 2.19. The maximum atomic E-state index is 3.05. The summed E-state index contributed by atoms with van der Waals surface area (Å²) >= 11 is 0. The van der Waals surface area contributed by atoms with Crippen LogP contribution in [-0.2, 0) is 0 Å². The lowest BCUT2D eigenvalue weighted by Gasteiger charge is -2.19. The Labute approximate surface area is 74.0 Å². The lowest BCUT2D eigenvalue weighted by atomic mass is 10.1. The molecule has 0 spiro atoms. The van der Waals surface area contributed by atoms with Gasteiger partial charge in [-0.3, -0.25) is 4.90 Å². The summed E-state index contributed by atoms with van der Waals surface area (Å²) in [5.41, 5.74) is 1.44. The number of hydrogen-bond acceptors (Lipinski definition) is 1. The highest BCUT2D eigenvalue weighted by Gasteiger charge is 2.21. The van der Waals surface area contributed by atoms with Gasteiger partial charge in [-0.15, -0.1) is 0 Å². The highest BCUT2D eigenvalue weighted by atomic mass is 15.1. The molecule has 2 rings (SSSR count). The van der Waals surface area contributed by atoms with E-state index in [1.165, 1.54) is 24.9 Å². The average molecular weight is 160 g/mol. The first kappa shape index (κ1) is 7.81. The molecule has 0 amide bonds. The van der Waals surface area contributed by atoms with Gasteiger partial charge in [0.2, 0.25) is 0 Å². The molecule has 1 nitrogen and oxygen atoms in total. The van der Waals surface area contributed by atoms with Gasteiger partial charge in [0.15, 0.2) is 0 Å². The fraction of sp³-hybridized carbons (Fsp3) is 0.455. The molecule has 1 fully saturated rings. The van der Waals surface area contributed by atoms with Gasteiger partial charge in [0.05, 0.1) is 0 Å². The molecule has 0 aromatic heterocycles. The Morgan fingerprint density at radius 2 is 2.17 bits per heavy atom. The van der Waals surface area contributed by atoms with Crippen molar-refractivity contribution in [2.75, 3.05) is 13.6 Å². The second-order valence-electron chi connectivity index (χ2n) is 3.47. The first-order valence-corrected chi connectivity index (χ1v) is 4.54. The third-order valence-corrected chi connectivity index (χ3v) is 2.65. The molecule has 1 heterocycles. The van der Waals surface area contributed by atoms with E-state index < -0.39 is 0 Å². The van der Waals surface area contributed by atoms with Crippen LogP contribution in [0.15, 0.2) is 24.3 Å². The number of benzene rings is 1. The van der Waals surface area contributed by atoms with Crippen molar-refractivity contribution in [3.8, 4) is 0 Å². The monoisotopic (exact) mass is 160 g/mol. The first-order chi connectivity index (χ1) is 5.88.